The minimum Gasteiger partial charge on any atom is -0.507 e. The Balaban J connectivity index is 1.66. The van der Waals surface area contributed by atoms with Gasteiger partial charge in [-0.25, -0.2) is 0 Å². The van der Waals surface area contributed by atoms with Crippen LogP contribution in [0.25, 0.3) is 11.5 Å². The Hall–Kier alpha value is -1.01. The van der Waals surface area contributed by atoms with Crippen molar-refractivity contribution in [2.75, 3.05) is 0 Å². The Kier molecular flexibility index (Phi) is 4.85. The summed E-state index contributed by atoms with van der Waals surface area (Å²) in [6, 6.07) is 5.16. The molecular weight excluding hydrogens is 352 g/mol. The van der Waals surface area contributed by atoms with Gasteiger partial charge in [-0.2, -0.15) is 16.7 Å². The average Bonchev–Trinajstić information content (AvgIpc) is 2.97. The monoisotopic (exact) mass is 368 g/mol. The van der Waals surface area contributed by atoms with Gasteiger partial charge in [-0.05, 0) is 31.0 Å². The number of aromatic nitrogens is 2. The molecule has 1 aliphatic rings. The number of hydrogen-bond acceptors (Lipinski definition) is 5. The Morgan fingerprint density at radius 2 is 2.10 bits per heavy atom. The number of benzene rings is 1. The van der Waals surface area contributed by atoms with E-state index in [-0.39, 0.29) is 5.75 Å². The SMILES string of the molecule is Oc1ccc(Br)cc1-c1nc(CSC2CCCCC2)no1. The van der Waals surface area contributed by atoms with Gasteiger partial charge in [0.1, 0.15) is 5.75 Å². The Bertz CT molecular complexity index is 611. The number of rotatable bonds is 4. The summed E-state index contributed by atoms with van der Waals surface area (Å²) in [5.41, 5.74) is 0.561. The lowest BCUT2D eigenvalue weighted by atomic mass is 10.0. The minimum atomic E-state index is 0.147. The van der Waals surface area contributed by atoms with Crippen LogP contribution in [0.4, 0.5) is 0 Å². The van der Waals surface area contributed by atoms with Crippen molar-refractivity contribution in [3.8, 4) is 17.2 Å². The molecular formula is C15H17BrN2O2S. The van der Waals surface area contributed by atoms with E-state index in [1.165, 1.54) is 32.1 Å². The Morgan fingerprint density at radius 3 is 2.90 bits per heavy atom. The van der Waals surface area contributed by atoms with E-state index in [0.29, 0.717) is 17.3 Å². The van der Waals surface area contributed by atoms with Crippen molar-refractivity contribution in [1.29, 1.82) is 0 Å². The summed E-state index contributed by atoms with van der Waals surface area (Å²) in [6.45, 7) is 0. The van der Waals surface area contributed by atoms with Gasteiger partial charge in [0.2, 0.25) is 0 Å². The molecule has 0 unspecified atom stereocenters. The van der Waals surface area contributed by atoms with Crippen LogP contribution < -0.4 is 0 Å². The summed E-state index contributed by atoms with van der Waals surface area (Å²) < 4.78 is 6.14. The molecule has 112 valence electrons. The summed E-state index contributed by atoms with van der Waals surface area (Å²) in [7, 11) is 0. The van der Waals surface area contributed by atoms with Crippen LogP contribution in [-0.2, 0) is 5.75 Å². The second-order valence-electron chi connectivity index (χ2n) is 5.25. The highest BCUT2D eigenvalue weighted by molar-refractivity contribution is 9.10. The fraction of sp³-hybridized carbons (Fsp3) is 0.467. The van der Waals surface area contributed by atoms with E-state index in [2.05, 4.69) is 26.1 Å². The highest BCUT2D eigenvalue weighted by atomic mass is 79.9. The van der Waals surface area contributed by atoms with Gasteiger partial charge < -0.3 is 9.63 Å². The van der Waals surface area contributed by atoms with Crippen LogP contribution in [0.1, 0.15) is 37.9 Å². The lowest BCUT2D eigenvalue weighted by molar-refractivity contribution is 0.419. The second-order valence-corrected chi connectivity index (χ2v) is 7.45. The van der Waals surface area contributed by atoms with Gasteiger partial charge in [-0.15, -0.1) is 0 Å². The van der Waals surface area contributed by atoms with Gasteiger partial charge in [0, 0.05) is 9.72 Å². The molecule has 21 heavy (non-hydrogen) atoms. The Labute approximate surface area is 136 Å². The van der Waals surface area contributed by atoms with Crippen LogP contribution in [0, 0.1) is 0 Å². The summed E-state index contributed by atoms with van der Waals surface area (Å²) in [6.07, 6.45) is 6.62. The molecule has 0 saturated heterocycles. The van der Waals surface area contributed by atoms with Crippen LogP contribution >= 0.6 is 27.7 Å². The van der Waals surface area contributed by atoms with Crippen molar-refractivity contribution >= 4 is 27.7 Å². The van der Waals surface area contributed by atoms with E-state index < -0.39 is 0 Å². The zero-order valence-electron chi connectivity index (χ0n) is 11.6. The molecule has 3 rings (SSSR count). The van der Waals surface area contributed by atoms with Crippen molar-refractivity contribution in [2.24, 2.45) is 0 Å². The van der Waals surface area contributed by atoms with Gasteiger partial charge in [0.15, 0.2) is 5.82 Å². The molecule has 0 atom stereocenters. The second kappa shape index (κ2) is 6.83. The fourth-order valence-electron chi connectivity index (χ4n) is 2.53. The molecule has 0 aliphatic heterocycles. The molecule has 1 aromatic carbocycles. The van der Waals surface area contributed by atoms with Gasteiger partial charge in [0.25, 0.3) is 5.89 Å². The minimum absolute atomic E-state index is 0.147. The van der Waals surface area contributed by atoms with Crippen LogP contribution in [0.5, 0.6) is 5.75 Å². The standard InChI is InChI=1S/C15H17BrN2O2S/c16-10-6-7-13(19)12(8-10)15-17-14(18-20-15)9-21-11-4-2-1-3-5-11/h6-8,11,19H,1-5,9H2. The molecule has 1 aromatic heterocycles. The average molecular weight is 369 g/mol. The molecule has 1 heterocycles. The molecule has 0 amide bonds. The van der Waals surface area contributed by atoms with Gasteiger partial charge in [0.05, 0.1) is 11.3 Å². The highest BCUT2D eigenvalue weighted by Gasteiger charge is 2.17. The van der Waals surface area contributed by atoms with Crippen molar-refractivity contribution < 1.29 is 9.63 Å². The molecule has 1 saturated carbocycles. The molecule has 1 N–H and O–H groups in total. The van der Waals surface area contributed by atoms with Crippen molar-refractivity contribution in [1.82, 2.24) is 10.1 Å². The number of aromatic hydroxyl groups is 1. The number of hydrogen-bond donors (Lipinski definition) is 1. The normalized spacial score (nSPS) is 16.2. The molecule has 6 heteroatoms. The molecule has 1 aliphatic carbocycles. The first kappa shape index (κ1) is 14.9. The molecule has 0 radical (unpaired) electrons. The van der Waals surface area contributed by atoms with E-state index in [1.54, 1.807) is 18.2 Å². The van der Waals surface area contributed by atoms with Crippen LogP contribution in [0.2, 0.25) is 0 Å². The molecule has 4 nitrogen and oxygen atoms in total. The summed E-state index contributed by atoms with van der Waals surface area (Å²) in [5, 5.41) is 14.6. The number of nitrogens with zero attached hydrogens (tertiary/aromatic N) is 2. The maximum atomic E-state index is 9.88. The number of halogens is 1. The predicted octanol–water partition coefficient (Wildman–Crippen LogP) is 4.77. The van der Waals surface area contributed by atoms with Crippen LogP contribution in [0.3, 0.4) is 0 Å². The number of phenolic OH excluding ortho intramolecular Hbond substituents is 1. The molecule has 0 spiro atoms. The third-order valence-electron chi connectivity index (χ3n) is 3.66. The predicted molar refractivity (Wildman–Crippen MR) is 87.3 cm³/mol. The maximum absolute atomic E-state index is 9.88. The first-order valence-electron chi connectivity index (χ1n) is 7.15. The summed E-state index contributed by atoms with van der Waals surface area (Å²) in [4.78, 5) is 4.39. The first-order valence-corrected chi connectivity index (χ1v) is 8.99. The van der Waals surface area contributed by atoms with E-state index >= 15 is 0 Å². The Morgan fingerprint density at radius 1 is 1.29 bits per heavy atom. The lowest BCUT2D eigenvalue weighted by Crippen LogP contribution is -2.08. The zero-order chi connectivity index (χ0) is 14.7. The highest BCUT2D eigenvalue weighted by Crippen LogP contribution is 2.32. The molecule has 1 fully saturated rings. The van der Waals surface area contributed by atoms with E-state index in [4.69, 9.17) is 4.52 Å². The number of thioether (sulfide) groups is 1. The maximum Gasteiger partial charge on any atom is 0.261 e. The molecule has 2 aromatic rings. The van der Waals surface area contributed by atoms with E-state index in [9.17, 15) is 5.11 Å². The van der Waals surface area contributed by atoms with Crippen molar-refractivity contribution in [3.63, 3.8) is 0 Å². The molecule has 0 bridgehead atoms. The first-order chi connectivity index (χ1) is 10.2. The summed E-state index contributed by atoms with van der Waals surface area (Å²) >= 11 is 5.29. The van der Waals surface area contributed by atoms with Gasteiger partial charge in [-0.1, -0.05) is 40.3 Å². The zero-order valence-corrected chi connectivity index (χ0v) is 14.0. The largest absolute Gasteiger partial charge is 0.507 e. The van der Waals surface area contributed by atoms with Gasteiger partial charge >= 0.3 is 0 Å². The number of phenols is 1. The topological polar surface area (TPSA) is 59.2 Å². The van der Waals surface area contributed by atoms with Gasteiger partial charge in [-0.3, -0.25) is 0 Å². The van der Waals surface area contributed by atoms with E-state index in [0.717, 1.165) is 15.5 Å². The summed E-state index contributed by atoms with van der Waals surface area (Å²) in [5.74, 6) is 1.98. The van der Waals surface area contributed by atoms with Crippen LogP contribution in [0.15, 0.2) is 27.2 Å². The van der Waals surface area contributed by atoms with Crippen LogP contribution in [-0.4, -0.2) is 20.5 Å². The fourth-order valence-corrected chi connectivity index (χ4v) is 4.06. The van der Waals surface area contributed by atoms with E-state index in [1.807, 2.05) is 11.8 Å². The third-order valence-corrected chi connectivity index (χ3v) is 5.52. The quantitative estimate of drug-likeness (QED) is 0.841. The van der Waals surface area contributed by atoms with Crippen molar-refractivity contribution in [3.05, 3.63) is 28.5 Å². The lowest BCUT2D eigenvalue weighted by Gasteiger charge is -2.19. The van der Waals surface area contributed by atoms with Crippen molar-refractivity contribution in [2.45, 2.75) is 43.1 Å². The smallest absolute Gasteiger partial charge is 0.261 e. The third kappa shape index (κ3) is 3.80.